The topological polar surface area (TPSA) is 55.1 Å². The van der Waals surface area contributed by atoms with E-state index in [1.165, 1.54) is 6.42 Å². The van der Waals surface area contributed by atoms with Gasteiger partial charge in [0.2, 0.25) is 5.91 Å². The summed E-state index contributed by atoms with van der Waals surface area (Å²) in [7, 11) is 0. The van der Waals surface area contributed by atoms with Gasteiger partial charge in [-0.25, -0.2) is 0 Å². The number of amides is 1. The van der Waals surface area contributed by atoms with E-state index in [0.717, 1.165) is 34.9 Å². The molecule has 1 aliphatic carbocycles. The van der Waals surface area contributed by atoms with E-state index in [0.29, 0.717) is 11.4 Å². The van der Waals surface area contributed by atoms with Crippen LogP contribution in [0.25, 0.3) is 0 Å². The Hall–Kier alpha value is -0.330. The van der Waals surface area contributed by atoms with Crippen molar-refractivity contribution in [3.8, 4) is 0 Å². The van der Waals surface area contributed by atoms with Gasteiger partial charge in [0.1, 0.15) is 0 Å². The average molecular weight is 393 g/mol. The van der Waals surface area contributed by atoms with Crippen molar-refractivity contribution in [1.29, 1.82) is 0 Å². The van der Waals surface area contributed by atoms with Crippen LogP contribution in [0.15, 0.2) is 18.2 Å². The second-order valence-corrected chi connectivity index (χ2v) is 6.87. The molecule has 1 aromatic rings. The third-order valence-corrected chi connectivity index (χ3v) is 4.69. The molecule has 5 heteroatoms. The summed E-state index contributed by atoms with van der Waals surface area (Å²) in [5.41, 5.74) is 6.77. The normalized spacial score (nSPS) is 18.1. The van der Waals surface area contributed by atoms with E-state index >= 15 is 0 Å². The Balaban J connectivity index is 1.97. The third-order valence-electron chi connectivity index (χ3n) is 3.57. The molecule has 1 fully saturated rings. The Labute approximate surface area is 132 Å². The summed E-state index contributed by atoms with van der Waals surface area (Å²) in [5, 5.41) is 3.60. The molecule has 0 atom stereocenters. The van der Waals surface area contributed by atoms with Gasteiger partial charge in [-0.3, -0.25) is 4.79 Å². The zero-order valence-corrected chi connectivity index (χ0v) is 13.6. The first-order chi connectivity index (χ1) is 8.98. The fourth-order valence-electron chi connectivity index (χ4n) is 2.54. The average Bonchev–Trinajstić information content (AvgIpc) is 2.33. The van der Waals surface area contributed by atoms with Crippen LogP contribution in [0.5, 0.6) is 0 Å². The van der Waals surface area contributed by atoms with Gasteiger partial charge in [-0.2, -0.15) is 0 Å². The van der Waals surface area contributed by atoms with Crippen molar-refractivity contribution in [2.75, 3.05) is 5.32 Å². The zero-order valence-electron chi connectivity index (χ0n) is 10.7. The van der Waals surface area contributed by atoms with Gasteiger partial charge in [-0.1, -0.05) is 30.9 Å². The number of nitrogens with one attached hydrogen (secondary N) is 1. The van der Waals surface area contributed by atoms with E-state index in [-0.39, 0.29) is 11.4 Å². The fraction of sp³-hybridized carbons (Fsp3) is 0.500. The smallest absolute Gasteiger partial charge is 0.226 e. The largest absolute Gasteiger partial charge is 0.325 e. The number of hydrogen-bond acceptors (Lipinski definition) is 2. The van der Waals surface area contributed by atoms with Crippen molar-refractivity contribution < 1.29 is 4.79 Å². The molecule has 0 aromatic heterocycles. The van der Waals surface area contributed by atoms with Crippen LogP contribution in [0.4, 0.5) is 5.69 Å². The van der Waals surface area contributed by atoms with Gasteiger partial charge < -0.3 is 11.1 Å². The summed E-state index contributed by atoms with van der Waals surface area (Å²) < 4.78 is 0.938. The highest BCUT2D eigenvalue weighted by molar-refractivity contribution is 14.1. The second kappa shape index (κ2) is 6.41. The van der Waals surface area contributed by atoms with E-state index < -0.39 is 0 Å². The van der Waals surface area contributed by atoms with Crippen molar-refractivity contribution in [2.24, 2.45) is 5.73 Å². The predicted molar refractivity (Wildman–Crippen MR) is 87.4 cm³/mol. The molecule has 1 saturated carbocycles. The van der Waals surface area contributed by atoms with Gasteiger partial charge in [0.05, 0.1) is 5.69 Å². The van der Waals surface area contributed by atoms with E-state index in [1.807, 2.05) is 12.1 Å². The van der Waals surface area contributed by atoms with Crippen molar-refractivity contribution in [3.05, 3.63) is 26.8 Å². The monoisotopic (exact) mass is 392 g/mol. The Morgan fingerprint density at radius 2 is 2.05 bits per heavy atom. The molecule has 0 saturated heterocycles. The summed E-state index contributed by atoms with van der Waals surface area (Å²) in [6, 6.07) is 5.43. The molecular weight excluding hydrogens is 375 g/mol. The van der Waals surface area contributed by atoms with Crippen molar-refractivity contribution in [3.63, 3.8) is 0 Å². The van der Waals surface area contributed by atoms with Crippen LogP contribution in [-0.2, 0) is 4.79 Å². The predicted octanol–water partition coefficient (Wildman–Crippen LogP) is 3.93. The first-order valence-electron chi connectivity index (χ1n) is 6.52. The molecule has 0 aliphatic heterocycles. The van der Waals surface area contributed by atoms with Crippen LogP contribution < -0.4 is 11.1 Å². The zero-order chi connectivity index (χ0) is 13.9. The van der Waals surface area contributed by atoms with Gasteiger partial charge >= 0.3 is 0 Å². The minimum atomic E-state index is -0.319. The summed E-state index contributed by atoms with van der Waals surface area (Å²) in [5.74, 6) is -0.00959. The first-order valence-corrected chi connectivity index (χ1v) is 7.98. The van der Waals surface area contributed by atoms with Crippen LogP contribution in [0, 0.1) is 3.57 Å². The Bertz CT molecular complexity index is 473. The highest BCUT2D eigenvalue weighted by Gasteiger charge is 2.30. The lowest BCUT2D eigenvalue weighted by molar-refractivity contribution is -0.117. The molecule has 0 spiro atoms. The molecule has 19 heavy (non-hydrogen) atoms. The van der Waals surface area contributed by atoms with Crippen molar-refractivity contribution in [2.45, 2.75) is 44.1 Å². The Morgan fingerprint density at radius 1 is 1.37 bits per heavy atom. The molecule has 0 radical (unpaired) electrons. The van der Waals surface area contributed by atoms with Crippen LogP contribution >= 0.6 is 34.2 Å². The summed E-state index contributed by atoms with van der Waals surface area (Å²) in [6.07, 6.45) is 5.77. The van der Waals surface area contributed by atoms with E-state index in [4.69, 9.17) is 17.3 Å². The van der Waals surface area contributed by atoms with Gasteiger partial charge in [-0.15, -0.1) is 0 Å². The van der Waals surface area contributed by atoms with Crippen molar-refractivity contribution >= 4 is 45.8 Å². The fourth-order valence-corrected chi connectivity index (χ4v) is 3.54. The molecule has 2 rings (SSSR count). The van der Waals surface area contributed by atoms with Crippen LogP contribution in [0.3, 0.4) is 0 Å². The van der Waals surface area contributed by atoms with Gasteiger partial charge in [0.25, 0.3) is 0 Å². The second-order valence-electron chi connectivity index (χ2n) is 5.27. The summed E-state index contributed by atoms with van der Waals surface area (Å²) >= 11 is 8.06. The SMILES string of the molecule is NC1(CC(=O)Nc2ccc(Cl)cc2I)CCCCC1. The molecule has 104 valence electrons. The molecule has 1 amide bonds. The van der Waals surface area contributed by atoms with Gasteiger partial charge in [0.15, 0.2) is 0 Å². The minimum Gasteiger partial charge on any atom is -0.325 e. The number of halogens is 2. The van der Waals surface area contributed by atoms with E-state index in [9.17, 15) is 4.79 Å². The molecule has 0 bridgehead atoms. The lowest BCUT2D eigenvalue weighted by atomic mass is 9.80. The maximum Gasteiger partial charge on any atom is 0.226 e. The first kappa shape index (κ1) is 15.1. The lowest BCUT2D eigenvalue weighted by Gasteiger charge is -2.32. The number of hydrogen-bond donors (Lipinski definition) is 2. The van der Waals surface area contributed by atoms with Gasteiger partial charge in [-0.05, 0) is 53.6 Å². The number of benzene rings is 1. The summed E-state index contributed by atoms with van der Waals surface area (Å²) in [4.78, 5) is 12.1. The number of carbonyl (C=O) groups is 1. The molecule has 3 nitrogen and oxygen atoms in total. The maximum absolute atomic E-state index is 12.1. The Kier molecular flexibility index (Phi) is 5.09. The maximum atomic E-state index is 12.1. The number of anilines is 1. The summed E-state index contributed by atoms with van der Waals surface area (Å²) in [6.45, 7) is 0. The molecule has 3 N–H and O–H groups in total. The standard InChI is InChI=1S/C14H18ClIN2O/c15-10-4-5-12(11(16)8-10)18-13(19)9-14(17)6-2-1-3-7-14/h4-5,8H,1-3,6-7,9,17H2,(H,18,19). The van der Waals surface area contributed by atoms with Crippen LogP contribution in [0.1, 0.15) is 38.5 Å². The highest BCUT2D eigenvalue weighted by atomic mass is 127. The molecule has 1 aliphatic rings. The number of nitrogens with two attached hydrogens (primary N) is 1. The quantitative estimate of drug-likeness (QED) is 0.766. The van der Waals surface area contributed by atoms with E-state index in [2.05, 4.69) is 27.9 Å². The molecule has 0 unspecified atom stereocenters. The molecule has 1 aromatic carbocycles. The minimum absolute atomic E-state index is 0.00959. The lowest BCUT2D eigenvalue weighted by Crippen LogP contribution is -2.44. The third kappa shape index (κ3) is 4.33. The van der Waals surface area contributed by atoms with E-state index in [1.54, 1.807) is 6.07 Å². The number of rotatable bonds is 3. The van der Waals surface area contributed by atoms with Gasteiger partial charge in [0, 0.05) is 20.6 Å². The van der Waals surface area contributed by atoms with Crippen LogP contribution in [-0.4, -0.2) is 11.4 Å². The Morgan fingerprint density at radius 3 is 2.68 bits per heavy atom. The molecular formula is C14H18ClIN2O. The number of carbonyl (C=O) groups excluding carboxylic acids is 1. The van der Waals surface area contributed by atoms with Crippen molar-refractivity contribution in [1.82, 2.24) is 0 Å². The van der Waals surface area contributed by atoms with Crippen LogP contribution in [0.2, 0.25) is 5.02 Å². The molecule has 0 heterocycles. The highest BCUT2D eigenvalue weighted by Crippen LogP contribution is 2.29.